The predicted molar refractivity (Wildman–Crippen MR) is 138 cm³/mol. The smallest absolute Gasteiger partial charge is 0.475 e. The minimum Gasteiger partial charge on any atom is -0.475 e. The summed E-state index contributed by atoms with van der Waals surface area (Å²) in [6, 6.07) is 13.1. The summed E-state index contributed by atoms with van der Waals surface area (Å²) in [5, 5.41) is 8.52. The van der Waals surface area contributed by atoms with Crippen molar-refractivity contribution >= 4 is 72.4 Å². The molecule has 1 aliphatic rings. The molecule has 0 spiro atoms. The minimum atomic E-state index is -5.08. The van der Waals surface area contributed by atoms with E-state index in [4.69, 9.17) is 38.8 Å². The molecule has 3 aromatic rings. The van der Waals surface area contributed by atoms with Crippen molar-refractivity contribution < 1.29 is 36.3 Å². The second-order valence-corrected chi connectivity index (χ2v) is 11.7. The highest BCUT2D eigenvalue weighted by atomic mass is 35.5. The number of hydrogen-bond acceptors (Lipinski definition) is 6. The molecule has 16 heteroatoms. The third kappa shape index (κ3) is 7.35. The molecule has 38 heavy (non-hydrogen) atoms. The van der Waals surface area contributed by atoms with Crippen LogP contribution >= 0.6 is 34.5 Å². The SMILES string of the molecule is NC(=NCN1CC[C@H](NS(=O)(=O)c2cc3c(Cl)cc(Cl)cc3s2)C1=O)c1ccccc1.O=C(O)C(F)(F)F. The topological polar surface area (TPSA) is 142 Å². The molecule has 1 aromatic heterocycles. The number of halogens is 5. The minimum absolute atomic E-state index is 0.0643. The molecule has 0 saturated carbocycles. The Balaban J connectivity index is 0.000000505. The summed E-state index contributed by atoms with van der Waals surface area (Å²) in [4.78, 5) is 27.3. The Bertz CT molecular complexity index is 1480. The number of rotatable bonds is 6. The Kier molecular flexibility index (Phi) is 9.26. The van der Waals surface area contributed by atoms with Gasteiger partial charge in [-0.3, -0.25) is 4.79 Å². The van der Waals surface area contributed by atoms with Crippen LogP contribution in [0.2, 0.25) is 10.0 Å². The van der Waals surface area contributed by atoms with Crippen LogP contribution in [0.15, 0.2) is 57.7 Å². The first kappa shape index (κ1) is 29.6. The third-order valence-corrected chi connectivity index (χ3v) is 8.67. The molecule has 0 radical (unpaired) electrons. The number of amides is 1. The number of thiophene rings is 1. The zero-order valence-corrected chi connectivity index (χ0v) is 22.2. The summed E-state index contributed by atoms with van der Waals surface area (Å²) in [5.74, 6) is -2.78. The van der Waals surface area contributed by atoms with Crippen LogP contribution in [-0.4, -0.2) is 61.6 Å². The lowest BCUT2D eigenvalue weighted by molar-refractivity contribution is -0.192. The van der Waals surface area contributed by atoms with Crippen LogP contribution in [0.1, 0.15) is 12.0 Å². The van der Waals surface area contributed by atoms with Crippen molar-refractivity contribution in [1.29, 1.82) is 0 Å². The number of amidine groups is 1. The van der Waals surface area contributed by atoms with Gasteiger partial charge in [-0.1, -0.05) is 53.5 Å². The Morgan fingerprint density at radius 1 is 1.21 bits per heavy atom. The number of carboxylic acids is 1. The summed E-state index contributed by atoms with van der Waals surface area (Å²) < 4.78 is 60.7. The number of alkyl halides is 3. The summed E-state index contributed by atoms with van der Waals surface area (Å²) >= 11 is 13.2. The molecular weight excluding hydrogens is 592 g/mol. The maximum absolute atomic E-state index is 12.9. The summed E-state index contributed by atoms with van der Waals surface area (Å²) in [5.41, 5.74) is 6.73. The fraction of sp³-hybridized carbons (Fsp3) is 0.227. The van der Waals surface area contributed by atoms with Crippen molar-refractivity contribution in [3.63, 3.8) is 0 Å². The number of carboxylic acid groups (broad SMARTS) is 1. The number of fused-ring (bicyclic) bond motifs is 1. The van der Waals surface area contributed by atoms with E-state index < -0.39 is 28.2 Å². The van der Waals surface area contributed by atoms with Crippen LogP contribution < -0.4 is 10.5 Å². The van der Waals surface area contributed by atoms with Crippen molar-refractivity contribution in [2.75, 3.05) is 13.2 Å². The van der Waals surface area contributed by atoms with Gasteiger partial charge in [0.1, 0.15) is 22.8 Å². The molecule has 4 rings (SSSR count). The van der Waals surface area contributed by atoms with Gasteiger partial charge >= 0.3 is 12.1 Å². The van der Waals surface area contributed by atoms with Gasteiger partial charge in [0, 0.05) is 27.2 Å². The summed E-state index contributed by atoms with van der Waals surface area (Å²) in [7, 11) is -3.91. The molecule has 0 aliphatic carbocycles. The van der Waals surface area contributed by atoms with Gasteiger partial charge in [-0.25, -0.2) is 18.2 Å². The van der Waals surface area contributed by atoms with Crippen molar-refractivity contribution in [2.24, 2.45) is 10.7 Å². The van der Waals surface area contributed by atoms with Gasteiger partial charge in [0.05, 0.1) is 5.02 Å². The van der Waals surface area contributed by atoms with E-state index in [2.05, 4.69) is 9.71 Å². The number of nitrogens with one attached hydrogen (secondary N) is 1. The number of benzene rings is 2. The highest BCUT2D eigenvalue weighted by Gasteiger charge is 2.38. The Morgan fingerprint density at radius 2 is 1.84 bits per heavy atom. The van der Waals surface area contributed by atoms with Crippen molar-refractivity contribution in [3.05, 3.63) is 64.1 Å². The van der Waals surface area contributed by atoms with E-state index >= 15 is 0 Å². The quantitative estimate of drug-likeness (QED) is 0.283. The Labute approximate surface area is 228 Å². The average Bonchev–Trinajstić information content (AvgIpc) is 3.42. The van der Waals surface area contributed by atoms with E-state index in [1.807, 2.05) is 30.3 Å². The molecule has 204 valence electrons. The van der Waals surface area contributed by atoms with Crippen molar-refractivity contribution in [2.45, 2.75) is 22.8 Å². The highest BCUT2D eigenvalue weighted by molar-refractivity contribution is 7.91. The van der Waals surface area contributed by atoms with Crippen LogP contribution in [-0.2, 0) is 19.6 Å². The fourth-order valence-corrected chi connectivity index (χ4v) is 6.63. The number of likely N-dealkylation sites (tertiary alicyclic amines) is 1. The lowest BCUT2D eigenvalue weighted by atomic mass is 10.2. The Morgan fingerprint density at radius 3 is 2.45 bits per heavy atom. The third-order valence-electron chi connectivity index (χ3n) is 5.11. The number of aliphatic imine (C=N–C) groups is 1. The normalized spacial score (nSPS) is 16.4. The second kappa shape index (κ2) is 11.9. The molecule has 1 fully saturated rings. The van der Waals surface area contributed by atoms with Gasteiger partial charge in [0.15, 0.2) is 0 Å². The van der Waals surface area contributed by atoms with Gasteiger partial charge in [-0.15, -0.1) is 11.3 Å². The summed E-state index contributed by atoms with van der Waals surface area (Å²) in [6.45, 7) is 0.445. The lowest BCUT2D eigenvalue weighted by Gasteiger charge is -2.15. The first-order valence-electron chi connectivity index (χ1n) is 10.5. The van der Waals surface area contributed by atoms with Crippen LogP contribution in [0.25, 0.3) is 10.1 Å². The monoisotopic (exact) mass is 610 g/mol. The lowest BCUT2D eigenvalue weighted by Crippen LogP contribution is -2.41. The van der Waals surface area contributed by atoms with E-state index in [1.165, 1.54) is 11.0 Å². The van der Waals surface area contributed by atoms with Gasteiger partial charge in [-0.2, -0.15) is 17.9 Å². The first-order chi connectivity index (χ1) is 17.7. The number of carbonyl (C=O) groups is 2. The molecule has 2 aromatic carbocycles. The van der Waals surface area contributed by atoms with E-state index in [0.29, 0.717) is 38.9 Å². The molecule has 1 aliphatic heterocycles. The molecule has 1 amide bonds. The van der Waals surface area contributed by atoms with E-state index in [0.717, 1.165) is 16.9 Å². The summed E-state index contributed by atoms with van der Waals surface area (Å²) in [6.07, 6.45) is -4.74. The second-order valence-electron chi connectivity index (χ2n) is 7.78. The molecule has 2 heterocycles. The molecule has 1 saturated heterocycles. The van der Waals surface area contributed by atoms with Crippen LogP contribution in [0, 0.1) is 0 Å². The largest absolute Gasteiger partial charge is 0.490 e. The maximum atomic E-state index is 12.9. The predicted octanol–water partition coefficient (Wildman–Crippen LogP) is 4.08. The van der Waals surface area contributed by atoms with Crippen molar-refractivity contribution in [3.8, 4) is 0 Å². The standard InChI is InChI=1S/C20H18Cl2N4O3S2.C2HF3O2/c21-13-8-15(22)14-10-18(30-17(14)9-13)31(28,29)25-16-6-7-26(20(16)27)11-24-19(23)12-4-2-1-3-5-12;3-2(4,5)1(6)7/h1-5,8-10,16,25H,6-7,11H2,(H2,23,24);(H,6,7)/t16-;/m0./s1. The van der Waals surface area contributed by atoms with Crippen LogP contribution in [0.4, 0.5) is 13.2 Å². The Hall–Kier alpha value is -2.91. The zero-order valence-electron chi connectivity index (χ0n) is 19.1. The first-order valence-corrected chi connectivity index (χ1v) is 13.6. The molecular formula is C22H19Cl2F3N4O5S2. The fourth-order valence-electron chi connectivity index (χ4n) is 3.27. The maximum Gasteiger partial charge on any atom is 0.490 e. The van der Waals surface area contributed by atoms with Gasteiger partial charge < -0.3 is 15.7 Å². The van der Waals surface area contributed by atoms with E-state index in [9.17, 15) is 26.4 Å². The number of nitrogens with zero attached hydrogens (tertiary/aromatic N) is 2. The van der Waals surface area contributed by atoms with Gasteiger partial charge in [0.2, 0.25) is 5.91 Å². The molecule has 9 nitrogen and oxygen atoms in total. The van der Waals surface area contributed by atoms with Gasteiger partial charge in [0.25, 0.3) is 10.0 Å². The van der Waals surface area contributed by atoms with Gasteiger partial charge in [-0.05, 0) is 24.6 Å². The number of sulfonamides is 1. The average molecular weight is 611 g/mol. The molecule has 4 N–H and O–H groups in total. The number of carbonyl (C=O) groups excluding carboxylic acids is 1. The van der Waals surface area contributed by atoms with Crippen LogP contribution in [0.3, 0.4) is 0 Å². The number of aliphatic carboxylic acids is 1. The van der Waals surface area contributed by atoms with Crippen molar-refractivity contribution in [1.82, 2.24) is 9.62 Å². The van der Waals surface area contributed by atoms with Crippen LogP contribution in [0.5, 0.6) is 0 Å². The zero-order chi connectivity index (χ0) is 28.3. The highest BCUT2D eigenvalue weighted by Crippen LogP contribution is 2.36. The number of nitrogens with two attached hydrogens (primary N) is 1. The number of hydrogen-bond donors (Lipinski definition) is 3. The molecule has 0 unspecified atom stereocenters. The molecule has 0 bridgehead atoms. The van der Waals surface area contributed by atoms with E-state index in [1.54, 1.807) is 12.1 Å². The molecule has 1 atom stereocenters. The van der Waals surface area contributed by atoms with E-state index in [-0.39, 0.29) is 16.8 Å².